The summed E-state index contributed by atoms with van der Waals surface area (Å²) in [5.74, 6) is 2.82. The van der Waals surface area contributed by atoms with E-state index in [1.165, 1.54) is 0 Å². The van der Waals surface area contributed by atoms with Gasteiger partial charge < -0.3 is 11.1 Å². The van der Waals surface area contributed by atoms with Crippen LogP contribution in [0.25, 0.3) is 0 Å². The second-order valence-corrected chi connectivity index (χ2v) is 4.77. The topological polar surface area (TPSA) is 74.7 Å². The van der Waals surface area contributed by atoms with Crippen LogP contribution in [0.1, 0.15) is 19.5 Å². The van der Waals surface area contributed by atoms with E-state index < -0.39 is 0 Å². The standard InChI is InChI=1S/C11H16N4S/c1-3-16-7-8(2)14-11-5-4-9(13)10(6-12)15-11/h4-5,8H,3,7,13H2,1-2H3,(H,14,15). The van der Waals surface area contributed by atoms with E-state index in [9.17, 15) is 0 Å². The molecule has 1 unspecified atom stereocenters. The smallest absolute Gasteiger partial charge is 0.165 e. The zero-order valence-electron chi connectivity index (χ0n) is 9.53. The monoisotopic (exact) mass is 236 g/mol. The highest BCUT2D eigenvalue weighted by molar-refractivity contribution is 7.99. The minimum absolute atomic E-state index is 0.278. The summed E-state index contributed by atoms with van der Waals surface area (Å²) in [6.07, 6.45) is 0. The summed E-state index contributed by atoms with van der Waals surface area (Å²) >= 11 is 1.87. The maximum atomic E-state index is 8.79. The molecular weight excluding hydrogens is 220 g/mol. The number of nitrogens with one attached hydrogen (secondary N) is 1. The van der Waals surface area contributed by atoms with Gasteiger partial charge in [0.15, 0.2) is 5.69 Å². The molecule has 0 saturated heterocycles. The van der Waals surface area contributed by atoms with Crippen LogP contribution in [0.2, 0.25) is 0 Å². The Morgan fingerprint density at radius 3 is 3.00 bits per heavy atom. The molecule has 3 N–H and O–H groups in total. The lowest BCUT2D eigenvalue weighted by molar-refractivity contribution is 0.901. The van der Waals surface area contributed by atoms with Gasteiger partial charge >= 0.3 is 0 Å². The predicted molar refractivity (Wildman–Crippen MR) is 69.4 cm³/mol. The molecule has 1 aromatic rings. The van der Waals surface area contributed by atoms with E-state index in [2.05, 4.69) is 24.1 Å². The molecule has 0 radical (unpaired) electrons. The zero-order valence-corrected chi connectivity index (χ0v) is 10.3. The van der Waals surface area contributed by atoms with Gasteiger partial charge in [-0.1, -0.05) is 6.92 Å². The third-order valence-corrected chi connectivity index (χ3v) is 3.14. The number of nitrogens with two attached hydrogens (primary N) is 1. The van der Waals surface area contributed by atoms with Gasteiger partial charge in [0.05, 0.1) is 5.69 Å². The van der Waals surface area contributed by atoms with Crippen molar-refractivity contribution in [3.05, 3.63) is 17.8 Å². The molecule has 4 nitrogen and oxygen atoms in total. The highest BCUT2D eigenvalue weighted by Crippen LogP contribution is 2.14. The fourth-order valence-corrected chi connectivity index (χ4v) is 1.90. The van der Waals surface area contributed by atoms with Gasteiger partial charge in [0.25, 0.3) is 0 Å². The van der Waals surface area contributed by atoms with Crippen molar-refractivity contribution in [1.82, 2.24) is 4.98 Å². The lowest BCUT2D eigenvalue weighted by atomic mass is 10.3. The summed E-state index contributed by atoms with van der Waals surface area (Å²) in [6.45, 7) is 4.22. The van der Waals surface area contributed by atoms with Crippen LogP contribution in [-0.2, 0) is 0 Å². The highest BCUT2D eigenvalue weighted by atomic mass is 32.2. The van der Waals surface area contributed by atoms with Crippen molar-refractivity contribution in [3.8, 4) is 6.07 Å². The molecule has 0 aliphatic heterocycles. The first-order valence-electron chi connectivity index (χ1n) is 5.18. The van der Waals surface area contributed by atoms with Gasteiger partial charge in [-0.2, -0.15) is 17.0 Å². The number of hydrogen-bond donors (Lipinski definition) is 2. The first kappa shape index (κ1) is 12.7. The molecule has 5 heteroatoms. The van der Waals surface area contributed by atoms with E-state index >= 15 is 0 Å². The largest absolute Gasteiger partial charge is 0.396 e. The van der Waals surface area contributed by atoms with Crippen LogP contribution in [-0.4, -0.2) is 22.5 Å². The molecule has 0 saturated carbocycles. The number of nitrogens with zero attached hydrogens (tertiary/aromatic N) is 2. The molecule has 0 aromatic carbocycles. The third kappa shape index (κ3) is 3.63. The van der Waals surface area contributed by atoms with Gasteiger partial charge in [0, 0.05) is 11.8 Å². The number of hydrogen-bond acceptors (Lipinski definition) is 5. The van der Waals surface area contributed by atoms with Crippen LogP contribution in [0.3, 0.4) is 0 Å². The number of pyridine rings is 1. The Balaban J connectivity index is 2.64. The van der Waals surface area contributed by atoms with Crippen LogP contribution >= 0.6 is 11.8 Å². The lowest BCUT2D eigenvalue weighted by Gasteiger charge is -2.13. The molecule has 0 fully saturated rings. The van der Waals surface area contributed by atoms with Gasteiger partial charge in [-0.05, 0) is 24.8 Å². The van der Waals surface area contributed by atoms with E-state index in [0.717, 1.165) is 11.5 Å². The van der Waals surface area contributed by atoms with Crippen LogP contribution in [0.15, 0.2) is 12.1 Å². The van der Waals surface area contributed by atoms with Crippen LogP contribution < -0.4 is 11.1 Å². The first-order valence-corrected chi connectivity index (χ1v) is 6.33. The van der Waals surface area contributed by atoms with Gasteiger partial charge in [-0.3, -0.25) is 0 Å². The number of nitriles is 1. The Labute approximate surface area is 100 Å². The molecule has 1 rings (SSSR count). The van der Waals surface area contributed by atoms with Gasteiger partial charge in [-0.25, -0.2) is 4.98 Å². The number of rotatable bonds is 5. The van der Waals surface area contributed by atoms with Crippen LogP contribution in [0.4, 0.5) is 11.5 Å². The van der Waals surface area contributed by atoms with Crippen molar-refractivity contribution in [1.29, 1.82) is 5.26 Å². The molecule has 86 valence electrons. The van der Waals surface area contributed by atoms with Crippen molar-refractivity contribution in [2.45, 2.75) is 19.9 Å². The average Bonchev–Trinajstić information content (AvgIpc) is 2.29. The molecule has 0 spiro atoms. The average molecular weight is 236 g/mol. The molecule has 0 bridgehead atoms. The summed E-state index contributed by atoms with van der Waals surface area (Å²) in [7, 11) is 0. The maximum absolute atomic E-state index is 8.79. The third-order valence-electron chi connectivity index (χ3n) is 2.00. The number of anilines is 2. The fourth-order valence-electron chi connectivity index (χ4n) is 1.23. The molecule has 1 atom stereocenters. The fraction of sp³-hybridized carbons (Fsp3) is 0.455. The van der Waals surface area contributed by atoms with Crippen molar-refractivity contribution in [2.24, 2.45) is 0 Å². The summed E-state index contributed by atoms with van der Waals surface area (Å²) in [5.41, 5.74) is 6.29. The summed E-state index contributed by atoms with van der Waals surface area (Å²) in [4.78, 5) is 4.13. The van der Waals surface area contributed by atoms with Gasteiger partial charge in [0.2, 0.25) is 0 Å². The SMILES string of the molecule is CCSCC(C)Nc1ccc(N)c(C#N)n1. The number of nitrogen functional groups attached to an aromatic ring is 1. The van der Waals surface area contributed by atoms with E-state index in [1.807, 2.05) is 17.8 Å². The van der Waals surface area contributed by atoms with Crippen molar-refractivity contribution >= 4 is 23.3 Å². The maximum Gasteiger partial charge on any atom is 0.165 e. The second kappa shape index (κ2) is 6.23. The molecule has 1 heterocycles. The summed E-state index contributed by atoms with van der Waals surface area (Å²) in [5, 5.41) is 12.0. The molecule has 0 amide bonds. The lowest BCUT2D eigenvalue weighted by Crippen LogP contribution is -2.19. The molecule has 0 aliphatic rings. The Hall–Kier alpha value is -1.41. The minimum atomic E-state index is 0.278. The Morgan fingerprint density at radius 1 is 1.62 bits per heavy atom. The number of thioether (sulfide) groups is 1. The first-order chi connectivity index (χ1) is 7.67. The molecule has 1 aromatic heterocycles. The summed E-state index contributed by atoms with van der Waals surface area (Å²) in [6, 6.07) is 5.79. The zero-order chi connectivity index (χ0) is 12.0. The van der Waals surface area contributed by atoms with E-state index in [-0.39, 0.29) is 5.69 Å². The Bertz CT molecular complexity index is 386. The van der Waals surface area contributed by atoms with Gasteiger partial charge in [0.1, 0.15) is 11.9 Å². The van der Waals surface area contributed by atoms with E-state index in [1.54, 1.807) is 12.1 Å². The van der Waals surface area contributed by atoms with E-state index in [0.29, 0.717) is 17.5 Å². The van der Waals surface area contributed by atoms with Crippen molar-refractivity contribution in [3.63, 3.8) is 0 Å². The van der Waals surface area contributed by atoms with Gasteiger partial charge in [-0.15, -0.1) is 0 Å². The quantitative estimate of drug-likeness (QED) is 0.818. The Kier molecular flexibility index (Phi) is 4.93. The minimum Gasteiger partial charge on any atom is -0.396 e. The summed E-state index contributed by atoms with van der Waals surface area (Å²) < 4.78 is 0. The van der Waals surface area contributed by atoms with Crippen LogP contribution in [0.5, 0.6) is 0 Å². The second-order valence-electron chi connectivity index (χ2n) is 3.45. The normalized spacial score (nSPS) is 11.8. The highest BCUT2D eigenvalue weighted by Gasteiger charge is 2.05. The number of aromatic nitrogens is 1. The predicted octanol–water partition coefficient (Wildman–Crippen LogP) is 2.09. The van der Waals surface area contributed by atoms with Crippen molar-refractivity contribution in [2.75, 3.05) is 22.6 Å². The molecule has 0 aliphatic carbocycles. The van der Waals surface area contributed by atoms with Crippen LogP contribution in [0, 0.1) is 11.3 Å². The van der Waals surface area contributed by atoms with E-state index in [4.69, 9.17) is 11.0 Å². The Morgan fingerprint density at radius 2 is 2.38 bits per heavy atom. The molecule has 16 heavy (non-hydrogen) atoms. The molecular formula is C11H16N4S. The van der Waals surface area contributed by atoms with Crippen molar-refractivity contribution < 1.29 is 0 Å².